The summed E-state index contributed by atoms with van der Waals surface area (Å²) in [5.74, 6) is 0. The van der Waals surface area contributed by atoms with Crippen LogP contribution in [0.25, 0.3) is 0 Å². The monoisotopic (exact) mass is 241 g/mol. The molecule has 0 fully saturated rings. The van der Waals surface area contributed by atoms with Gasteiger partial charge in [0.25, 0.3) is 0 Å². The quantitative estimate of drug-likeness (QED) is 0.769. The van der Waals surface area contributed by atoms with Crippen molar-refractivity contribution >= 4 is 15.9 Å². The highest BCUT2D eigenvalue weighted by Gasteiger charge is 2.16. The van der Waals surface area contributed by atoms with Crippen LogP contribution in [0.15, 0.2) is 28.7 Å². The summed E-state index contributed by atoms with van der Waals surface area (Å²) in [5, 5.41) is 26.8. The van der Waals surface area contributed by atoms with E-state index in [4.69, 9.17) is 10.4 Å². The van der Waals surface area contributed by atoms with Crippen LogP contribution in [-0.2, 0) is 0 Å². The number of nitriles is 1. The van der Waals surface area contributed by atoms with Gasteiger partial charge in [0.1, 0.15) is 6.10 Å². The number of nitrogens with zero attached hydrogens (tertiary/aromatic N) is 1. The lowest BCUT2D eigenvalue weighted by atomic mass is 10.1. The molecular weight excluding hydrogens is 234 g/mol. The Morgan fingerprint density at radius 1 is 1.23 bits per heavy atom. The summed E-state index contributed by atoms with van der Waals surface area (Å²) in [6.45, 7) is 0. The van der Waals surface area contributed by atoms with Gasteiger partial charge in [0.15, 0.2) is 6.10 Å². The lowest BCUT2D eigenvalue weighted by Crippen LogP contribution is -2.15. The van der Waals surface area contributed by atoms with Crippen LogP contribution in [0.5, 0.6) is 0 Å². The summed E-state index contributed by atoms with van der Waals surface area (Å²) in [6, 6.07) is 8.35. The maximum absolute atomic E-state index is 9.39. The van der Waals surface area contributed by atoms with Crippen molar-refractivity contribution in [2.75, 3.05) is 0 Å². The number of aliphatic hydroxyl groups is 2. The maximum atomic E-state index is 9.39. The van der Waals surface area contributed by atoms with Crippen LogP contribution in [0.3, 0.4) is 0 Å². The Morgan fingerprint density at radius 2 is 1.77 bits per heavy atom. The molecule has 3 nitrogen and oxygen atoms in total. The van der Waals surface area contributed by atoms with Gasteiger partial charge in [-0.15, -0.1) is 0 Å². The van der Waals surface area contributed by atoms with Crippen molar-refractivity contribution in [2.24, 2.45) is 0 Å². The van der Waals surface area contributed by atoms with E-state index in [1.807, 2.05) is 0 Å². The summed E-state index contributed by atoms with van der Waals surface area (Å²) >= 11 is 3.24. The molecule has 2 atom stereocenters. The Morgan fingerprint density at radius 3 is 2.23 bits per heavy atom. The van der Waals surface area contributed by atoms with Gasteiger partial charge in [-0.05, 0) is 17.7 Å². The first kappa shape index (κ1) is 10.2. The highest BCUT2D eigenvalue weighted by Crippen LogP contribution is 2.19. The van der Waals surface area contributed by atoms with E-state index in [9.17, 15) is 5.11 Å². The number of rotatable bonds is 2. The van der Waals surface area contributed by atoms with Gasteiger partial charge in [-0.2, -0.15) is 5.26 Å². The fourth-order valence-corrected chi connectivity index (χ4v) is 1.18. The third kappa shape index (κ3) is 2.52. The van der Waals surface area contributed by atoms with Gasteiger partial charge in [0, 0.05) is 4.47 Å². The molecule has 0 amide bonds. The zero-order valence-corrected chi connectivity index (χ0v) is 8.27. The number of halogens is 1. The molecule has 13 heavy (non-hydrogen) atoms. The van der Waals surface area contributed by atoms with Crippen LogP contribution in [0.4, 0.5) is 0 Å². The molecule has 1 aromatic rings. The number of hydrogen-bond acceptors (Lipinski definition) is 3. The molecule has 2 N–H and O–H groups in total. The molecule has 0 aliphatic rings. The molecule has 0 saturated heterocycles. The first-order valence-corrected chi connectivity index (χ1v) is 4.45. The Hall–Kier alpha value is -0.890. The minimum Gasteiger partial charge on any atom is -0.385 e. The van der Waals surface area contributed by atoms with Crippen LogP contribution in [-0.4, -0.2) is 16.3 Å². The van der Waals surface area contributed by atoms with Gasteiger partial charge >= 0.3 is 0 Å². The molecule has 0 radical (unpaired) electrons. The van der Waals surface area contributed by atoms with Gasteiger partial charge in [0.05, 0.1) is 6.07 Å². The largest absolute Gasteiger partial charge is 0.385 e. The summed E-state index contributed by atoms with van der Waals surface area (Å²) in [4.78, 5) is 0. The Labute approximate surface area is 84.4 Å². The van der Waals surface area contributed by atoms with Gasteiger partial charge in [-0.25, -0.2) is 0 Å². The van der Waals surface area contributed by atoms with Crippen LogP contribution < -0.4 is 0 Å². The summed E-state index contributed by atoms with van der Waals surface area (Å²) in [6.07, 6.45) is -2.51. The van der Waals surface area contributed by atoms with Crippen LogP contribution in [0.1, 0.15) is 11.7 Å². The highest BCUT2D eigenvalue weighted by molar-refractivity contribution is 9.10. The smallest absolute Gasteiger partial charge is 0.170 e. The summed E-state index contributed by atoms with van der Waals surface area (Å²) in [5.41, 5.74) is 0.525. The average Bonchev–Trinajstić information content (AvgIpc) is 2.17. The molecule has 2 unspecified atom stereocenters. The highest BCUT2D eigenvalue weighted by atomic mass is 79.9. The molecule has 68 valence electrons. The minimum absolute atomic E-state index is 0.525. The molecule has 0 aromatic heterocycles. The fourth-order valence-electron chi connectivity index (χ4n) is 0.913. The molecule has 0 aliphatic carbocycles. The van der Waals surface area contributed by atoms with E-state index in [-0.39, 0.29) is 0 Å². The molecule has 0 saturated carbocycles. The van der Waals surface area contributed by atoms with Crippen LogP contribution in [0, 0.1) is 11.3 Å². The topological polar surface area (TPSA) is 64.2 Å². The average molecular weight is 242 g/mol. The van der Waals surface area contributed by atoms with Crippen molar-refractivity contribution < 1.29 is 10.2 Å². The molecule has 0 aliphatic heterocycles. The van der Waals surface area contributed by atoms with Gasteiger partial charge in [-0.1, -0.05) is 28.1 Å². The lowest BCUT2D eigenvalue weighted by Gasteiger charge is -2.11. The number of hydrogen-bond donors (Lipinski definition) is 2. The number of aliphatic hydroxyl groups excluding tert-OH is 2. The van der Waals surface area contributed by atoms with Gasteiger partial charge < -0.3 is 10.2 Å². The summed E-state index contributed by atoms with van der Waals surface area (Å²) in [7, 11) is 0. The third-order valence-electron chi connectivity index (χ3n) is 1.64. The standard InChI is InChI=1S/C9H8BrNO2/c10-7-3-1-6(2-4-7)9(13)8(12)5-11/h1-4,8-9,12-13H. The van der Waals surface area contributed by atoms with E-state index >= 15 is 0 Å². The van der Waals surface area contributed by atoms with E-state index in [1.165, 1.54) is 0 Å². The van der Waals surface area contributed by atoms with E-state index in [1.54, 1.807) is 30.3 Å². The molecule has 0 spiro atoms. The SMILES string of the molecule is N#CC(O)C(O)c1ccc(Br)cc1. The molecular formula is C9H8BrNO2. The van der Waals surface area contributed by atoms with Gasteiger partial charge in [-0.3, -0.25) is 0 Å². The van der Waals surface area contributed by atoms with Crippen molar-refractivity contribution in [2.45, 2.75) is 12.2 Å². The van der Waals surface area contributed by atoms with Crippen molar-refractivity contribution in [3.8, 4) is 6.07 Å². The zero-order valence-electron chi connectivity index (χ0n) is 6.68. The van der Waals surface area contributed by atoms with E-state index in [2.05, 4.69) is 15.9 Å². The van der Waals surface area contributed by atoms with E-state index < -0.39 is 12.2 Å². The lowest BCUT2D eigenvalue weighted by molar-refractivity contribution is 0.0528. The Balaban J connectivity index is 2.84. The second-order valence-corrected chi connectivity index (χ2v) is 3.49. The first-order chi connectivity index (χ1) is 6.15. The second-order valence-electron chi connectivity index (χ2n) is 2.57. The van der Waals surface area contributed by atoms with Crippen molar-refractivity contribution in [1.82, 2.24) is 0 Å². The van der Waals surface area contributed by atoms with Crippen molar-refractivity contribution in [1.29, 1.82) is 5.26 Å². The van der Waals surface area contributed by atoms with Crippen molar-refractivity contribution in [3.63, 3.8) is 0 Å². The third-order valence-corrected chi connectivity index (χ3v) is 2.17. The Kier molecular flexibility index (Phi) is 3.43. The zero-order chi connectivity index (χ0) is 9.84. The molecule has 0 bridgehead atoms. The van der Waals surface area contributed by atoms with Crippen LogP contribution in [0.2, 0.25) is 0 Å². The molecule has 4 heteroatoms. The first-order valence-electron chi connectivity index (χ1n) is 3.66. The molecule has 1 rings (SSSR count). The van der Waals surface area contributed by atoms with Crippen molar-refractivity contribution in [3.05, 3.63) is 34.3 Å². The molecule has 1 aromatic carbocycles. The second kappa shape index (κ2) is 4.38. The predicted molar refractivity (Wildman–Crippen MR) is 50.7 cm³/mol. The minimum atomic E-state index is -1.37. The van der Waals surface area contributed by atoms with E-state index in [0.717, 1.165) is 4.47 Å². The van der Waals surface area contributed by atoms with Crippen LogP contribution >= 0.6 is 15.9 Å². The normalized spacial score (nSPS) is 14.6. The Bertz CT molecular complexity index is 317. The fraction of sp³-hybridized carbons (Fsp3) is 0.222. The summed E-state index contributed by atoms with van der Waals surface area (Å²) < 4.78 is 0.884. The maximum Gasteiger partial charge on any atom is 0.170 e. The molecule has 0 heterocycles. The van der Waals surface area contributed by atoms with Gasteiger partial charge in [0.2, 0.25) is 0 Å². The predicted octanol–water partition coefficient (Wildman–Crippen LogP) is 1.37. The van der Waals surface area contributed by atoms with E-state index in [0.29, 0.717) is 5.56 Å². The number of benzene rings is 1.